The zero-order valence-corrected chi connectivity index (χ0v) is 14.4. The molecule has 0 atom stereocenters. The van der Waals surface area contributed by atoms with Gasteiger partial charge in [-0.3, -0.25) is 9.69 Å². The maximum atomic E-state index is 13.0. The summed E-state index contributed by atoms with van der Waals surface area (Å²) in [6.07, 6.45) is 1.92. The zero-order chi connectivity index (χ0) is 16.4. The smallest absolute Gasteiger partial charge is 0.266 e. The third kappa shape index (κ3) is 3.38. The van der Waals surface area contributed by atoms with E-state index in [0.29, 0.717) is 22.3 Å². The van der Waals surface area contributed by atoms with E-state index in [1.54, 1.807) is 28.4 Å². The number of nitrogens with zero attached hydrogens (tertiary/aromatic N) is 2. The zero-order valence-electron chi connectivity index (χ0n) is 12.7. The first kappa shape index (κ1) is 16.0. The van der Waals surface area contributed by atoms with E-state index in [9.17, 15) is 9.18 Å². The van der Waals surface area contributed by atoms with Crippen molar-refractivity contribution in [3.05, 3.63) is 56.9 Å². The van der Waals surface area contributed by atoms with Crippen LogP contribution in [0.25, 0.3) is 6.08 Å². The third-order valence-corrected chi connectivity index (χ3v) is 5.39. The van der Waals surface area contributed by atoms with Crippen molar-refractivity contribution in [2.24, 2.45) is 4.99 Å². The lowest BCUT2D eigenvalue weighted by Crippen LogP contribution is -2.28. The summed E-state index contributed by atoms with van der Waals surface area (Å²) in [5.74, 6) is -0.337. The summed E-state index contributed by atoms with van der Waals surface area (Å²) in [5.41, 5.74) is 1.79. The molecule has 118 valence electrons. The van der Waals surface area contributed by atoms with Crippen molar-refractivity contribution in [1.82, 2.24) is 4.90 Å². The van der Waals surface area contributed by atoms with Gasteiger partial charge in [-0.05, 0) is 73.0 Å². The quantitative estimate of drug-likeness (QED) is 0.747. The van der Waals surface area contributed by atoms with Crippen LogP contribution in [-0.4, -0.2) is 22.5 Å². The fourth-order valence-corrected chi connectivity index (χ4v) is 4.13. The highest BCUT2D eigenvalue weighted by molar-refractivity contribution is 8.18. The molecule has 0 N–H and O–H groups in total. The summed E-state index contributed by atoms with van der Waals surface area (Å²) in [7, 11) is 0. The Labute approximate surface area is 142 Å². The Bertz CT molecular complexity index is 793. The van der Waals surface area contributed by atoms with Crippen molar-refractivity contribution >= 4 is 45.9 Å². The Hall–Kier alpha value is -1.92. The van der Waals surface area contributed by atoms with Gasteiger partial charge < -0.3 is 0 Å². The van der Waals surface area contributed by atoms with Crippen LogP contribution in [0.5, 0.6) is 0 Å². The number of carbonyl (C=O) groups excluding carboxylic acids is 1. The molecule has 1 saturated heterocycles. The van der Waals surface area contributed by atoms with Crippen LogP contribution >= 0.6 is 23.1 Å². The van der Waals surface area contributed by atoms with Crippen LogP contribution in [0.15, 0.2) is 45.6 Å². The van der Waals surface area contributed by atoms with Gasteiger partial charge in [-0.2, -0.15) is 0 Å². The lowest BCUT2D eigenvalue weighted by atomic mass is 10.2. The van der Waals surface area contributed by atoms with E-state index < -0.39 is 0 Å². The van der Waals surface area contributed by atoms with E-state index in [2.05, 4.69) is 4.99 Å². The van der Waals surface area contributed by atoms with Crippen molar-refractivity contribution in [2.75, 3.05) is 6.54 Å². The second-order valence-electron chi connectivity index (χ2n) is 5.00. The van der Waals surface area contributed by atoms with E-state index in [-0.39, 0.29) is 11.7 Å². The molecule has 0 aliphatic carbocycles. The molecule has 1 amide bonds. The number of hydrogen-bond acceptors (Lipinski definition) is 4. The Morgan fingerprint density at radius 2 is 2.00 bits per heavy atom. The van der Waals surface area contributed by atoms with Crippen LogP contribution in [0.1, 0.15) is 17.4 Å². The molecule has 1 aliphatic heterocycles. The average molecular weight is 346 g/mol. The number of carbonyl (C=O) groups is 1. The first-order valence-corrected chi connectivity index (χ1v) is 8.88. The average Bonchev–Trinajstić information content (AvgIpc) is 3.06. The van der Waals surface area contributed by atoms with Gasteiger partial charge in [0.2, 0.25) is 0 Å². The minimum absolute atomic E-state index is 0.0360. The molecule has 1 aromatic heterocycles. The molecule has 0 saturated carbocycles. The highest BCUT2D eigenvalue weighted by atomic mass is 32.2. The maximum Gasteiger partial charge on any atom is 0.266 e. The van der Waals surface area contributed by atoms with Gasteiger partial charge in [0.1, 0.15) is 5.82 Å². The molecular weight excluding hydrogens is 331 g/mol. The van der Waals surface area contributed by atoms with Gasteiger partial charge in [0.25, 0.3) is 5.91 Å². The van der Waals surface area contributed by atoms with Crippen LogP contribution in [0.3, 0.4) is 0 Å². The van der Waals surface area contributed by atoms with Gasteiger partial charge in [-0.25, -0.2) is 9.38 Å². The number of aryl methyl sites for hydroxylation is 1. The van der Waals surface area contributed by atoms with Crippen LogP contribution < -0.4 is 0 Å². The van der Waals surface area contributed by atoms with Gasteiger partial charge in [0.05, 0.1) is 10.6 Å². The van der Waals surface area contributed by atoms with E-state index in [1.165, 1.54) is 23.9 Å². The van der Waals surface area contributed by atoms with Crippen molar-refractivity contribution in [2.45, 2.75) is 13.8 Å². The van der Waals surface area contributed by atoms with Crippen LogP contribution in [-0.2, 0) is 4.79 Å². The monoisotopic (exact) mass is 346 g/mol. The summed E-state index contributed by atoms with van der Waals surface area (Å²) >= 11 is 2.97. The lowest BCUT2D eigenvalue weighted by molar-refractivity contribution is -0.122. The van der Waals surface area contributed by atoms with Gasteiger partial charge in [-0.1, -0.05) is 0 Å². The molecular formula is C17H15FN2OS2. The van der Waals surface area contributed by atoms with Crippen molar-refractivity contribution in [3.8, 4) is 0 Å². The van der Waals surface area contributed by atoms with Gasteiger partial charge in [0, 0.05) is 11.4 Å². The normalized spacial score (nSPS) is 18.4. The fourth-order valence-electron chi connectivity index (χ4n) is 2.15. The van der Waals surface area contributed by atoms with Crippen molar-refractivity contribution < 1.29 is 9.18 Å². The van der Waals surface area contributed by atoms with Gasteiger partial charge >= 0.3 is 0 Å². The molecule has 1 aromatic carbocycles. The topological polar surface area (TPSA) is 32.7 Å². The van der Waals surface area contributed by atoms with E-state index in [4.69, 9.17) is 0 Å². The minimum Gasteiger partial charge on any atom is -0.287 e. The second-order valence-corrected chi connectivity index (χ2v) is 6.96. The third-order valence-electron chi connectivity index (χ3n) is 3.42. The SMILES string of the molecule is CCN1C(=O)C(=Cc2sccc2C)SC1=Nc1ccc(F)cc1. The fraction of sp³-hybridized carbons (Fsp3) is 0.176. The van der Waals surface area contributed by atoms with E-state index in [0.717, 1.165) is 10.4 Å². The number of amides is 1. The number of thiophene rings is 1. The van der Waals surface area contributed by atoms with Crippen LogP contribution in [0, 0.1) is 12.7 Å². The number of rotatable bonds is 3. The molecule has 0 unspecified atom stereocenters. The van der Waals surface area contributed by atoms with Crippen molar-refractivity contribution in [1.29, 1.82) is 0 Å². The number of hydrogen-bond donors (Lipinski definition) is 0. The molecule has 2 heterocycles. The van der Waals surface area contributed by atoms with Crippen LogP contribution in [0.2, 0.25) is 0 Å². The van der Waals surface area contributed by atoms with Crippen LogP contribution in [0.4, 0.5) is 10.1 Å². The summed E-state index contributed by atoms with van der Waals surface area (Å²) in [6.45, 7) is 4.49. The summed E-state index contributed by atoms with van der Waals surface area (Å²) < 4.78 is 13.0. The standard InChI is InChI=1S/C17H15FN2OS2/c1-3-20-16(21)15(10-14-11(2)8-9-22-14)23-17(20)19-13-6-4-12(18)5-7-13/h4-10H,3H2,1-2H3. The molecule has 0 spiro atoms. The first-order chi connectivity index (χ1) is 11.1. The number of aliphatic imine (C=N–C) groups is 1. The Balaban J connectivity index is 1.93. The first-order valence-electron chi connectivity index (χ1n) is 7.18. The second kappa shape index (κ2) is 6.68. The Kier molecular flexibility index (Phi) is 4.63. The summed E-state index contributed by atoms with van der Waals surface area (Å²) in [4.78, 5) is 20.4. The molecule has 0 radical (unpaired) electrons. The number of halogens is 1. The largest absolute Gasteiger partial charge is 0.287 e. The van der Waals surface area contributed by atoms with Gasteiger partial charge in [-0.15, -0.1) is 11.3 Å². The molecule has 1 aliphatic rings. The highest BCUT2D eigenvalue weighted by Crippen LogP contribution is 2.35. The molecule has 2 aromatic rings. The molecule has 0 bridgehead atoms. The summed E-state index contributed by atoms with van der Waals surface area (Å²) in [5, 5.41) is 2.64. The molecule has 3 rings (SSSR count). The number of likely N-dealkylation sites (N-methyl/N-ethyl adjacent to an activating group) is 1. The van der Waals surface area contributed by atoms with Crippen molar-refractivity contribution in [3.63, 3.8) is 0 Å². The highest BCUT2D eigenvalue weighted by Gasteiger charge is 2.32. The molecule has 1 fully saturated rings. The minimum atomic E-state index is -0.301. The maximum absolute atomic E-state index is 13.0. The number of benzene rings is 1. The number of amidine groups is 1. The Morgan fingerprint density at radius 3 is 2.61 bits per heavy atom. The predicted octanol–water partition coefficient (Wildman–Crippen LogP) is 4.82. The van der Waals surface area contributed by atoms with Gasteiger partial charge in [0.15, 0.2) is 5.17 Å². The number of thioether (sulfide) groups is 1. The van der Waals surface area contributed by atoms with E-state index >= 15 is 0 Å². The predicted molar refractivity (Wildman–Crippen MR) is 95.5 cm³/mol. The molecule has 6 heteroatoms. The molecule has 3 nitrogen and oxygen atoms in total. The Morgan fingerprint density at radius 1 is 1.26 bits per heavy atom. The lowest BCUT2D eigenvalue weighted by Gasteiger charge is -2.11. The summed E-state index contributed by atoms with van der Waals surface area (Å²) in [6, 6.07) is 7.97. The molecule has 23 heavy (non-hydrogen) atoms. The van der Waals surface area contributed by atoms with E-state index in [1.807, 2.05) is 31.4 Å².